The number of fused-ring (bicyclic) bond motifs is 7. The third-order valence-corrected chi connectivity index (χ3v) is 10.5. The van der Waals surface area contributed by atoms with Crippen LogP contribution in [0.5, 0.6) is 0 Å². The normalized spacial score (nSPS) is 11.8. The largest absolute Gasteiger partial charge is 0.455 e. The van der Waals surface area contributed by atoms with Gasteiger partial charge in [0.05, 0.1) is 22.1 Å². The highest BCUT2D eigenvalue weighted by atomic mass is 16.3. The van der Waals surface area contributed by atoms with E-state index >= 15 is 0 Å². The summed E-state index contributed by atoms with van der Waals surface area (Å²) >= 11 is 0. The second kappa shape index (κ2) is 11.7. The molecular weight excluding hydrogens is 647 g/mol. The second-order valence-corrected chi connectivity index (χ2v) is 13.6. The van der Waals surface area contributed by atoms with Gasteiger partial charge in [0.2, 0.25) is 0 Å². The van der Waals surface area contributed by atoms with E-state index in [4.69, 9.17) is 9.40 Å². The minimum atomic E-state index is 0.910. The quantitative estimate of drug-likeness (QED) is 0.182. The molecule has 0 saturated carbocycles. The van der Waals surface area contributed by atoms with Crippen LogP contribution >= 0.6 is 0 Å². The first-order valence-electron chi connectivity index (χ1n) is 18.0. The van der Waals surface area contributed by atoms with E-state index in [2.05, 4.69) is 185 Å². The molecule has 8 aromatic carbocycles. The fourth-order valence-electron chi connectivity index (χ4n) is 8.08. The molecule has 0 fully saturated rings. The van der Waals surface area contributed by atoms with Crippen molar-refractivity contribution in [2.75, 3.05) is 0 Å². The first-order chi connectivity index (χ1) is 26.3. The van der Waals surface area contributed by atoms with Crippen LogP contribution in [0.4, 0.5) is 0 Å². The Balaban J connectivity index is 1.04. The van der Waals surface area contributed by atoms with Crippen LogP contribution < -0.4 is 0 Å². The highest BCUT2D eigenvalue weighted by molar-refractivity contribution is 6.13. The maximum absolute atomic E-state index is 6.43. The Morgan fingerprint density at radius 2 is 1.02 bits per heavy atom. The molecule has 4 heteroatoms. The molecule has 0 amide bonds. The van der Waals surface area contributed by atoms with Crippen molar-refractivity contribution in [3.05, 3.63) is 188 Å². The highest BCUT2D eigenvalue weighted by Gasteiger charge is 2.18. The van der Waals surface area contributed by atoms with Crippen LogP contribution in [0, 0.1) is 0 Å². The lowest BCUT2D eigenvalue weighted by Crippen LogP contribution is -1.98. The van der Waals surface area contributed by atoms with Crippen molar-refractivity contribution in [3.63, 3.8) is 0 Å². The first-order valence-corrected chi connectivity index (χ1v) is 18.0. The minimum Gasteiger partial charge on any atom is -0.455 e. The van der Waals surface area contributed by atoms with Gasteiger partial charge in [-0.1, -0.05) is 115 Å². The monoisotopic (exact) mass is 677 g/mol. The van der Waals surface area contributed by atoms with E-state index in [0.29, 0.717) is 0 Å². The van der Waals surface area contributed by atoms with Crippen LogP contribution in [0.1, 0.15) is 0 Å². The van der Waals surface area contributed by atoms with Crippen LogP contribution in [0.3, 0.4) is 0 Å². The molecule has 3 heterocycles. The van der Waals surface area contributed by atoms with Crippen LogP contribution in [-0.2, 0) is 0 Å². The Morgan fingerprint density at radius 1 is 0.377 bits per heavy atom. The molecule has 0 aliphatic heterocycles. The molecule has 53 heavy (non-hydrogen) atoms. The van der Waals surface area contributed by atoms with Crippen molar-refractivity contribution in [3.8, 4) is 45.0 Å². The number of rotatable bonds is 5. The van der Waals surface area contributed by atoms with Crippen molar-refractivity contribution in [2.24, 2.45) is 0 Å². The summed E-state index contributed by atoms with van der Waals surface area (Å²) < 4.78 is 11.1. The van der Waals surface area contributed by atoms with Crippen molar-refractivity contribution in [1.29, 1.82) is 0 Å². The number of imidazole rings is 1. The molecular formula is C49H31N3O. The van der Waals surface area contributed by atoms with E-state index < -0.39 is 0 Å². The van der Waals surface area contributed by atoms with Crippen molar-refractivity contribution in [1.82, 2.24) is 14.1 Å². The molecule has 0 saturated heterocycles. The zero-order valence-corrected chi connectivity index (χ0v) is 28.6. The molecule has 3 aromatic heterocycles. The van der Waals surface area contributed by atoms with Gasteiger partial charge in [0, 0.05) is 44.0 Å². The second-order valence-electron chi connectivity index (χ2n) is 13.6. The molecule has 0 spiro atoms. The Labute approximate surface area is 305 Å². The zero-order valence-electron chi connectivity index (χ0n) is 28.6. The van der Waals surface area contributed by atoms with Crippen molar-refractivity contribution in [2.45, 2.75) is 0 Å². The van der Waals surface area contributed by atoms with Gasteiger partial charge in [0.1, 0.15) is 17.0 Å². The standard InChI is InChI=1S/C49H31N3O/c1-3-12-32(13-4-1)34-24-29-46-43(31-34)50-49(52(46)36-14-5-2-6-15-36)33-22-26-37(27-23-33)51-44-20-9-7-16-39(44)42-30-35(25-28-45(42)51)38-18-11-19-41-40-17-8-10-21-47(40)53-48(38)41/h1-31H. The van der Waals surface area contributed by atoms with E-state index in [0.717, 1.165) is 77.9 Å². The molecule has 248 valence electrons. The fraction of sp³-hybridized carbons (Fsp3) is 0. The summed E-state index contributed by atoms with van der Waals surface area (Å²) in [6.45, 7) is 0. The van der Waals surface area contributed by atoms with Gasteiger partial charge in [0.25, 0.3) is 0 Å². The van der Waals surface area contributed by atoms with Crippen LogP contribution in [0.25, 0.3) is 99.8 Å². The lowest BCUT2D eigenvalue weighted by Gasteiger charge is -2.12. The van der Waals surface area contributed by atoms with E-state index in [-0.39, 0.29) is 0 Å². The fourth-order valence-corrected chi connectivity index (χ4v) is 8.08. The Morgan fingerprint density at radius 3 is 1.87 bits per heavy atom. The molecule has 0 unspecified atom stereocenters. The number of benzene rings is 8. The third-order valence-electron chi connectivity index (χ3n) is 10.5. The van der Waals surface area contributed by atoms with E-state index in [1.165, 1.54) is 21.9 Å². The Bertz CT molecular complexity index is 3150. The summed E-state index contributed by atoms with van der Waals surface area (Å²) in [6, 6.07) is 66.6. The molecule has 0 aliphatic carbocycles. The SMILES string of the molecule is c1ccc(-c2ccc3c(c2)nc(-c2ccc(-n4c5ccccc5c5cc(-c6cccc7c6oc6ccccc67)ccc54)cc2)n3-c2ccccc2)cc1. The van der Waals surface area contributed by atoms with Gasteiger partial charge in [-0.25, -0.2) is 4.98 Å². The smallest absolute Gasteiger partial charge is 0.145 e. The molecule has 0 radical (unpaired) electrons. The molecule has 4 nitrogen and oxygen atoms in total. The Kier molecular flexibility index (Phi) is 6.52. The summed E-state index contributed by atoms with van der Waals surface area (Å²) in [7, 11) is 0. The van der Waals surface area contributed by atoms with Crippen LogP contribution in [0.15, 0.2) is 192 Å². The third kappa shape index (κ3) is 4.66. The lowest BCUT2D eigenvalue weighted by atomic mass is 10.0. The van der Waals surface area contributed by atoms with Crippen molar-refractivity contribution >= 4 is 54.8 Å². The molecule has 0 N–H and O–H groups in total. The number of hydrogen-bond donors (Lipinski definition) is 0. The first kappa shape index (κ1) is 29.5. The summed E-state index contributed by atoms with van der Waals surface area (Å²) in [5.41, 5.74) is 14.0. The topological polar surface area (TPSA) is 35.9 Å². The summed E-state index contributed by atoms with van der Waals surface area (Å²) in [5, 5.41) is 4.69. The van der Waals surface area contributed by atoms with E-state index in [1.807, 2.05) is 12.1 Å². The number of hydrogen-bond acceptors (Lipinski definition) is 2. The number of furan rings is 1. The molecule has 0 bridgehead atoms. The highest BCUT2D eigenvalue weighted by Crippen LogP contribution is 2.40. The predicted molar refractivity (Wildman–Crippen MR) is 219 cm³/mol. The number of aromatic nitrogens is 3. The van der Waals surface area contributed by atoms with Crippen molar-refractivity contribution < 1.29 is 4.42 Å². The molecule has 0 aliphatic rings. The molecule has 11 rings (SSSR count). The van der Waals surface area contributed by atoms with Crippen LogP contribution in [0.2, 0.25) is 0 Å². The maximum Gasteiger partial charge on any atom is 0.145 e. The van der Waals surface area contributed by atoms with Gasteiger partial charge in [0.15, 0.2) is 0 Å². The summed E-state index contributed by atoms with van der Waals surface area (Å²) in [5.74, 6) is 0.912. The van der Waals surface area contributed by atoms with Gasteiger partial charge < -0.3 is 8.98 Å². The Hall–Kier alpha value is -7.17. The average Bonchev–Trinajstić information content (AvgIpc) is 3.91. The summed E-state index contributed by atoms with van der Waals surface area (Å²) in [6.07, 6.45) is 0. The maximum atomic E-state index is 6.43. The van der Waals surface area contributed by atoms with Gasteiger partial charge in [-0.15, -0.1) is 0 Å². The van der Waals surface area contributed by atoms with E-state index in [1.54, 1.807) is 0 Å². The van der Waals surface area contributed by atoms with E-state index in [9.17, 15) is 0 Å². The minimum absolute atomic E-state index is 0.910. The molecule has 11 aromatic rings. The van der Waals surface area contributed by atoms with Gasteiger partial charge in [-0.2, -0.15) is 0 Å². The summed E-state index contributed by atoms with van der Waals surface area (Å²) in [4.78, 5) is 5.26. The van der Waals surface area contributed by atoms with Gasteiger partial charge in [-0.3, -0.25) is 4.57 Å². The molecule has 0 atom stereocenters. The average molecular weight is 678 g/mol. The number of para-hydroxylation sites is 4. The van der Waals surface area contributed by atoms with Gasteiger partial charge in [-0.05, 0) is 89.5 Å². The predicted octanol–water partition coefficient (Wildman–Crippen LogP) is 13.0. The van der Waals surface area contributed by atoms with Gasteiger partial charge >= 0.3 is 0 Å². The lowest BCUT2D eigenvalue weighted by molar-refractivity contribution is 0.670. The van der Waals surface area contributed by atoms with Crippen LogP contribution in [-0.4, -0.2) is 14.1 Å². The number of nitrogens with zero attached hydrogens (tertiary/aromatic N) is 3. The zero-order chi connectivity index (χ0) is 34.9.